The van der Waals surface area contributed by atoms with Gasteiger partial charge in [-0.1, -0.05) is 0 Å². The number of halogens is 4. The number of fused-ring (bicyclic) bond motifs is 1. The summed E-state index contributed by atoms with van der Waals surface area (Å²) in [5.74, 6) is 0.118. The van der Waals surface area contributed by atoms with Gasteiger partial charge in [0, 0.05) is 29.8 Å². The van der Waals surface area contributed by atoms with Crippen LogP contribution in [0.5, 0.6) is 0 Å². The minimum atomic E-state index is -4.43. The van der Waals surface area contributed by atoms with Crippen LogP contribution in [0.3, 0.4) is 0 Å². The van der Waals surface area contributed by atoms with Crippen molar-refractivity contribution >= 4 is 28.1 Å². The normalized spacial score (nSPS) is 18.5. The van der Waals surface area contributed by atoms with E-state index in [0.29, 0.717) is 34.8 Å². The van der Waals surface area contributed by atoms with Crippen molar-refractivity contribution in [2.75, 3.05) is 18.0 Å². The Bertz CT molecular complexity index is 940. The van der Waals surface area contributed by atoms with E-state index >= 15 is 0 Å². The number of thiazole rings is 1. The molecule has 0 aliphatic carbocycles. The molecule has 4 rings (SSSR count). The summed E-state index contributed by atoms with van der Waals surface area (Å²) in [5.41, 5.74) is -0.212. The van der Waals surface area contributed by atoms with Gasteiger partial charge in [0.2, 0.25) is 0 Å². The van der Waals surface area contributed by atoms with Crippen molar-refractivity contribution < 1.29 is 17.6 Å². The van der Waals surface area contributed by atoms with Gasteiger partial charge in [0.15, 0.2) is 5.69 Å². The van der Waals surface area contributed by atoms with Crippen LogP contribution in [-0.2, 0) is 6.18 Å². The lowest BCUT2D eigenvalue weighted by atomic mass is 9.98. The molecule has 26 heavy (non-hydrogen) atoms. The van der Waals surface area contributed by atoms with Crippen LogP contribution in [0.25, 0.3) is 10.9 Å². The largest absolute Gasteiger partial charge is 0.434 e. The third-order valence-electron chi connectivity index (χ3n) is 4.46. The van der Waals surface area contributed by atoms with E-state index in [9.17, 15) is 17.6 Å². The van der Waals surface area contributed by atoms with Gasteiger partial charge >= 0.3 is 6.18 Å². The van der Waals surface area contributed by atoms with Crippen LogP contribution in [0.2, 0.25) is 0 Å². The topological polar surface area (TPSA) is 41.9 Å². The third kappa shape index (κ3) is 3.23. The molecule has 1 saturated heterocycles. The summed E-state index contributed by atoms with van der Waals surface area (Å²) in [7, 11) is 0. The lowest BCUT2D eigenvalue weighted by Crippen LogP contribution is -2.35. The molecule has 0 bridgehead atoms. The van der Waals surface area contributed by atoms with Gasteiger partial charge in [0.1, 0.15) is 18.0 Å². The summed E-state index contributed by atoms with van der Waals surface area (Å²) in [5, 5.41) is 2.14. The zero-order chi connectivity index (χ0) is 18.3. The molecule has 0 saturated carbocycles. The average Bonchev–Trinajstić information content (AvgIpc) is 3.12. The number of aromatic nitrogens is 3. The Balaban J connectivity index is 1.63. The molecule has 1 aliphatic rings. The van der Waals surface area contributed by atoms with Crippen LogP contribution in [0, 0.1) is 5.82 Å². The standard InChI is InChI=1S/C17H14F4N4S/c18-11-3-4-13-12(6-11)15(23-9-22-13)25-5-1-2-10(7-25)16-24-14(8-26-16)17(19,20)21/h3-4,6,8-10H,1-2,5,7H2. The molecule has 0 radical (unpaired) electrons. The number of alkyl halides is 3. The maximum Gasteiger partial charge on any atom is 0.434 e. The summed E-state index contributed by atoms with van der Waals surface area (Å²) in [6.07, 6.45) is -1.45. The highest BCUT2D eigenvalue weighted by molar-refractivity contribution is 7.09. The van der Waals surface area contributed by atoms with Gasteiger partial charge in [-0.3, -0.25) is 0 Å². The van der Waals surface area contributed by atoms with Crippen LogP contribution in [0.1, 0.15) is 29.5 Å². The molecule has 1 atom stereocenters. The predicted molar refractivity (Wildman–Crippen MR) is 90.8 cm³/mol. The highest BCUT2D eigenvalue weighted by atomic mass is 32.1. The van der Waals surface area contributed by atoms with E-state index in [1.165, 1.54) is 18.5 Å². The van der Waals surface area contributed by atoms with Gasteiger partial charge in [-0.25, -0.2) is 19.3 Å². The highest BCUT2D eigenvalue weighted by Crippen LogP contribution is 2.36. The molecule has 1 aromatic carbocycles. The summed E-state index contributed by atoms with van der Waals surface area (Å²) in [6, 6.07) is 4.32. The lowest BCUT2D eigenvalue weighted by Gasteiger charge is -2.33. The van der Waals surface area contributed by atoms with Crippen molar-refractivity contribution in [3.05, 3.63) is 46.4 Å². The number of benzene rings is 1. The first-order valence-corrected chi connectivity index (χ1v) is 8.97. The van der Waals surface area contributed by atoms with Gasteiger partial charge in [-0.15, -0.1) is 11.3 Å². The van der Waals surface area contributed by atoms with Crippen molar-refractivity contribution in [3.8, 4) is 0 Å². The zero-order valence-electron chi connectivity index (χ0n) is 13.5. The minimum Gasteiger partial charge on any atom is -0.355 e. The van der Waals surface area contributed by atoms with E-state index < -0.39 is 11.9 Å². The molecule has 136 valence electrons. The molecule has 1 aliphatic heterocycles. The SMILES string of the molecule is Fc1ccc2ncnc(N3CCCC(c4nc(C(F)(F)F)cs4)C3)c2c1. The van der Waals surface area contributed by atoms with E-state index in [1.807, 2.05) is 4.90 Å². The van der Waals surface area contributed by atoms with E-state index in [4.69, 9.17) is 0 Å². The second kappa shape index (κ2) is 6.46. The van der Waals surface area contributed by atoms with E-state index in [0.717, 1.165) is 29.6 Å². The van der Waals surface area contributed by atoms with Gasteiger partial charge in [0.05, 0.1) is 10.5 Å². The smallest absolute Gasteiger partial charge is 0.355 e. The van der Waals surface area contributed by atoms with Crippen LogP contribution < -0.4 is 4.90 Å². The van der Waals surface area contributed by atoms with E-state index in [2.05, 4.69) is 15.0 Å². The first-order valence-electron chi connectivity index (χ1n) is 8.09. The fourth-order valence-corrected chi connectivity index (χ4v) is 4.20. The number of hydrogen-bond donors (Lipinski definition) is 0. The molecule has 0 N–H and O–H groups in total. The van der Waals surface area contributed by atoms with Crippen LogP contribution in [0.15, 0.2) is 29.9 Å². The van der Waals surface area contributed by atoms with Crippen molar-refractivity contribution in [3.63, 3.8) is 0 Å². The molecule has 3 aromatic rings. The van der Waals surface area contributed by atoms with Gasteiger partial charge in [-0.05, 0) is 31.0 Å². The van der Waals surface area contributed by atoms with E-state index in [1.54, 1.807) is 6.07 Å². The Morgan fingerprint density at radius 1 is 1.19 bits per heavy atom. The molecular weight excluding hydrogens is 368 g/mol. The maximum absolute atomic E-state index is 13.7. The second-order valence-electron chi connectivity index (χ2n) is 6.21. The molecule has 0 spiro atoms. The Labute approximate surface area is 150 Å². The average molecular weight is 382 g/mol. The Morgan fingerprint density at radius 2 is 2.04 bits per heavy atom. The maximum atomic E-state index is 13.7. The van der Waals surface area contributed by atoms with Gasteiger partial charge < -0.3 is 4.90 Å². The number of hydrogen-bond acceptors (Lipinski definition) is 5. The molecule has 1 fully saturated rings. The minimum absolute atomic E-state index is 0.108. The molecule has 2 aromatic heterocycles. The molecule has 4 nitrogen and oxygen atoms in total. The highest BCUT2D eigenvalue weighted by Gasteiger charge is 2.35. The van der Waals surface area contributed by atoms with Gasteiger partial charge in [-0.2, -0.15) is 13.2 Å². The lowest BCUT2D eigenvalue weighted by molar-refractivity contribution is -0.140. The fraction of sp³-hybridized carbons (Fsp3) is 0.353. The van der Waals surface area contributed by atoms with Crippen molar-refractivity contribution in [1.29, 1.82) is 0 Å². The van der Waals surface area contributed by atoms with Crippen molar-refractivity contribution in [2.45, 2.75) is 24.9 Å². The molecule has 1 unspecified atom stereocenters. The fourth-order valence-electron chi connectivity index (χ4n) is 3.24. The zero-order valence-corrected chi connectivity index (χ0v) is 14.3. The van der Waals surface area contributed by atoms with Gasteiger partial charge in [0.25, 0.3) is 0 Å². The van der Waals surface area contributed by atoms with Crippen LogP contribution in [0.4, 0.5) is 23.4 Å². The number of rotatable bonds is 2. The Morgan fingerprint density at radius 3 is 2.81 bits per heavy atom. The molecule has 3 heterocycles. The number of nitrogens with zero attached hydrogens (tertiary/aromatic N) is 4. The van der Waals surface area contributed by atoms with Crippen LogP contribution >= 0.6 is 11.3 Å². The van der Waals surface area contributed by atoms with Crippen molar-refractivity contribution in [2.24, 2.45) is 0 Å². The molecule has 0 amide bonds. The summed E-state index contributed by atoms with van der Waals surface area (Å²) < 4.78 is 52.1. The molecular formula is C17H14F4N4S. The second-order valence-corrected chi connectivity index (χ2v) is 7.10. The van der Waals surface area contributed by atoms with Crippen LogP contribution in [-0.4, -0.2) is 28.0 Å². The van der Waals surface area contributed by atoms with Crippen molar-refractivity contribution in [1.82, 2.24) is 15.0 Å². The number of anilines is 1. The molecule has 9 heteroatoms. The quantitative estimate of drug-likeness (QED) is 0.606. The Kier molecular flexibility index (Phi) is 4.26. The summed E-state index contributed by atoms with van der Waals surface area (Å²) >= 11 is 1.04. The summed E-state index contributed by atoms with van der Waals surface area (Å²) in [4.78, 5) is 14.2. The monoisotopic (exact) mass is 382 g/mol. The summed E-state index contributed by atoms with van der Waals surface area (Å²) in [6.45, 7) is 1.20. The number of piperidine rings is 1. The third-order valence-corrected chi connectivity index (χ3v) is 5.47. The first kappa shape index (κ1) is 17.1. The predicted octanol–water partition coefficient (Wildman–Crippen LogP) is 4.63. The van der Waals surface area contributed by atoms with E-state index in [-0.39, 0.29) is 11.7 Å². The first-order chi connectivity index (χ1) is 12.4. The Hall–Kier alpha value is -2.29.